The molecule has 27 nitrogen and oxygen atoms in total. The van der Waals surface area contributed by atoms with Crippen molar-refractivity contribution in [3.05, 3.63) is 220 Å². The Bertz CT molecular complexity index is 5160. The predicted molar refractivity (Wildman–Crippen MR) is 514 cm³/mol. The van der Waals surface area contributed by atoms with E-state index in [9.17, 15) is 88.3 Å². The Balaban J connectivity index is 0.000000273. The molecule has 0 aliphatic heterocycles. The largest absolute Gasteiger partial charge is 0.486 e. The van der Waals surface area contributed by atoms with Crippen LogP contribution in [0.3, 0.4) is 0 Å². The van der Waals surface area contributed by atoms with Crippen LogP contribution in [0.15, 0.2) is 146 Å². The molecule has 5 amide bonds. The van der Waals surface area contributed by atoms with Crippen LogP contribution in [0.5, 0.6) is 28.7 Å². The van der Waals surface area contributed by atoms with Crippen molar-refractivity contribution >= 4 is 70.0 Å². The first-order chi connectivity index (χ1) is 67.9. The molecule has 34 heteroatoms. The highest BCUT2D eigenvalue weighted by Gasteiger charge is 2.33. The number of carbonyl (C=O) groups is 12. The zero-order valence-electron chi connectivity index (χ0n) is 82.5. The van der Waals surface area contributed by atoms with Crippen LogP contribution in [0.1, 0.15) is 234 Å². The molecule has 3 saturated carbocycles. The minimum atomic E-state index is -2.75. The van der Waals surface area contributed by atoms with Gasteiger partial charge in [-0.15, -0.1) is 0 Å². The van der Waals surface area contributed by atoms with Gasteiger partial charge in [0.25, 0.3) is 11.8 Å². The molecule has 10 rings (SSSR count). The molecule has 0 spiro atoms. The topological polar surface area (TPSA) is 441 Å². The molecule has 758 valence electrons. The van der Waals surface area contributed by atoms with Crippen LogP contribution in [-0.2, 0) is 60.8 Å². The summed E-state index contributed by atoms with van der Waals surface area (Å²) in [7, 11) is 0. The van der Waals surface area contributed by atoms with E-state index in [1.807, 2.05) is 6.92 Å². The van der Waals surface area contributed by atoms with Crippen LogP contribution < -0.4 is 78.9 Å². The summed E-state index contributed by atoms with van der Waals surface area (Å²) < 4.78 is 143. The quantitative estimate of drug-likeness (QED) is 0.0125. The van der Waals surface area contributed by atoms with Crippen molar-refractivity contribution in [3.8, 4) is 28.7 Å². The van der Waals surface area contributed by atoms with E-state index in [1.54, 1.807) is 55.5 Å². The molecule has 0 saturated heterocycles. The van der Waals surface area contributed by atoms with Gasteiger partial charge in [0.2, 0.25) is 17.7 Å². The summed E-state index contributed by atoms with van der Waals surface area (Å²) in [6.45, 7) is 2.82. The molecule has 5 atom stereocenters. The van der Waals surface area contributed by atoms with E-state index in [0.29, 0.717) is 112 Å². The van der Waals surface area contributed by atoms with Gasteiger partial charge in [-0.25, -0.2) is 30.7 Å². The standard InChI is InChI=1S/2C23H26F2N2O4.2C20H29FN2O3.C19H27FN2O3/c2*1-15(28)12-16-6-4-7-17(13-16)23(30)27-20(10-2-3-11-26)21(29)14-31-22-18(24)8-5-9-19(22)25;1-14-9-10-16(21)19(12-14)26-13-18(24)17(8-4-5-11-22)23-20(25)15-6-2-3-7-15;1-14-10-16(21)12-17(11-14)26-13-19(24)18(8-4-5-9-22)23-20(25)15-6-2-3-7-15;20-15-8-5-9-16(12-15)25-13-18(23)17(10-3-4-11-21)22-19(24)14-6-1-2-7-14/h2*4-9,13,20H,2-3,10-12,14,26H2,1H3,(H,27,30);9-10,12,15,17H,2-8,11,13,22H2,1H3,(H,23,25);10-12,15,18H,2-9,13,22H2,1H3,(H,23,25);5,8-9,12,14,17H,1-4,6-7,10-11,13,21H2,(H,22,24)/i1D3;;;;. The molecule has 7 aromatic rings. The van der Waals surface area contributed by atoms with E-state index in [2.05, 4.69) is 26.6 Å². The monoisotopic (exact) mass is 1950 g/mol. The van der Waals surface area contributed by atoms with E-state index < -0.39 is 132 Å². The van der Waals surface area contributed by atoms with Crippen LogP contribution in [0, 0.1) is 72.3 Å². The molecule has 7 aromatic carbocycles. The molecule has 0 aromatic heterocycles. The zero-order chi connectivity index (χ0) is 104. The number of ketones is 7. The van der Waals surface area contributed by atoms with Crippen molar-refractivity contribution in [1.82, 2.24) is 26.6 Å². The summed E-state index contributed by atoms with van der Waals surface area (Å²) in [6.07, 6.45) is 20.6. The van der Waals surface area contributed by atoms with Crippen LogP contribution in [0.4, 0.5) is 30.7 Å². The first-order valence-electron chi connectivity index (χ1n) is 49.1. The minimum absolute atomic E-state index is 0.00468. The maximum absolute atomic E-state index is 13.8. The van der Waals surface area contributed by atoms with E-state index in [0.717, 1.165) is 157 Å². The van der Waals surface area contributed by atoms with Crippen molar-refractivity contribution in [2.24, 2.45) is 46.4 Å². The summed E-state index contributed by atoms with van der Waals surface area (Å²) in [6, 6.07) is 29.6. The highest BCUT2D eigenvalue weighted by Crippen LogP contribution is 2.30. The lowest BCUT2D eigenvalue weighted by molar-refractivity contribution is -0.131. The molecule has 0 heterocycles. The van der Waals surface area contributed by atoms with E-state index in [4.69, 9.17) is 56.5 Å². The first kappa shape index (κ1) is 111. The van der Waals surface area contributed by atoms with E-state index in [1.165, 1.54) is 73.7 Å². The number of aryl methyl sites for hydroxylation is 2. The molecule has 3 fully saturated rings. The van der Waals surface area contributed by atoms with Gasteiger partial charge in [-0.3, -0.25) is 57.5 Å². The number of unbranched alkanes of at least 4 members (excludes halogenated alkanes) is 5. The molecule has 15 N–H and O–H groups in total. The lowest BCUT2D eigenvalue weighted by Gasteiger charge is -2.20. The fourth-order valence-corrected chi connectivity index (χ4v) is 15.6. The number of rotatable bonds is 54. The normalized spacial score (nSPS) is 14.3. The average molecular weight is 1950 g/mol. The Morgan fingerprint density at radius 2 is 0.669 bits per heavy atom. The Labute approximate surface area is 813 Å². The van der Waals surface area contributed by atoms with Gasteiger partial charge in [0.1, 0.15) is 67.7 Å². The Hall–Kier alpha value is -12.1. The third kappa shape index (κ3) is 43.9. The SMILES string of the molecule is CC(=O)Cc1cccc(C(=O)NC(CCCCN)C(=O)COc2c(F)cccc2F)c1.Cc1cc(F)cc(OCC(=O)C(CCCCN)NC(=O)C2CCCC2)c1.Cc1ccc(F)c(OCC(=O)C(CCCCN)NC(=O)C2CCCC2)c1.NCCCCC(NC(=O)C1CCCC1)C(=O)COc1cccc(F)c1.[2H]C([2H])([2H])C(=O)Cc1cccc(C(=O)NC(CCCCN)C(=O)COc2c(F)cccc2F)c1. The summed E-state index contributed by atoms with van der Waals surface area (Å²) in [5.74, 6) is -9.74. The van der Waals surface area contributed by atoms with Gasteiger partial charge in [0.05, 0.1) is 30.2 Å². The summed E-state index contributed by atoms with van der Waals surface area (Å²) in [5.41, 5.74) is 30.5. The van der Waals surface area contributed by atoms with Crippen molar-refractivity contribution in [3.63, 3.8) is 0 Å². The van der Waals surface area contributed by atoms with Gasteiger partial charge in [-0.05, 0) is 302 Å². The maximum Gasteiger partial charge on any atom is 0.251 e. The number of carbonyl (C=O) groups excluding carboxylic acids is 12. The summed E-state index contributed by atoms with van der Waals surface area (Å²) in [5, 5.41) is 13.9. The Kier molecular flexibility index (Phi) is 51.0. The molecular weight excluding hydrogens is 1810 g/mol. The summed E-state index contributed by atoms with van der Waals surface area (Å²) >= 11 is 0. The predicted octanol–water partition coefficient (Wildman–Crippen LogP) is 14.3. The van der Waals surface area contributed by atoms with Gasteiger partial charge in [-0.1, -0.05) is 87.1 Å². The van der Waals surface area contributed by atoms with Gasteiger partial charge in [0.15, 0.2) is 75.3 Å². The van der Waals surface area contributed by atoms with Gasteiger partial charge < -0.3 is 78.9 Å². The number of nitrogens with two attached hydrogens (primary N) is 5. The van der Waals surface area contributed by atoms with Crippen molar-refractivity contribution in [2.45, 2.75) is 244 Å². The molecule has 0 radical (unpaired) electrons. The fourth-order valence-electron chi connectivity index (χ4n) is 15.6. The smallest absolute Gasteiger partial charge is 0.251 e. The van der Waals surface area contributed by atoms with Crippen LogP contribution in [-0.4, -0.2) is 166 Å². The number of benzene rings is 7. The van der Waals surface area contributed by atoms with Crippen LogP contribution in [0.2, 0.25) is 0 Å². The molecule has 3 aliphatic carbocycles. The van der Waals surface area contributed by atoms with Crippen LogP contribution in [0.25, 0.3) is 0 Å². The second-order valence-electron chi connectivity index (χ2n) is 34.7. The Morgan fingerprint density at radius 1 is 0.338 bits per heavy atom. The Morgan fingerprint density at radius 3 is 1.02 bits per heavy atom. The highest BCUT2D eigenvalue weighted by molar-refractivity contribution is 6.00. The number of halogens is 7. The van der Waals surface area contributed by atoms with Gasteiger partial charge >= 0.3 is 0 Å². The molecule has 3 aliphatic rings. The number of amides is 5. The van der Waals surface area contributed by atoms with E-state index in [-0.39, 0.29) is 109 Å². The van der Waals surface area contributed by atoms with Gasteiger partial charge in [-0.2, -0.15) is 0 Å². The number of nitrogens with one attached hydrogen (secondary N) is 5. The lowest BCUT2D eigenvalue weighted by Crippen LogP contribution is -2.45. The van der Waals surface area contributed by atoms with Crippen molar-refractivity contribution < 1.29 is 116 Å². The average Bonchev–Trinajstić information content (AvgIpc) is 0.900. The molecule has 5 unspecified atom stereocenters. The minimum Gasteiger partial charge on any atom is -0.486 e. The summed E-state index contributed by atoms with van der Waals surface area (Å²) in [4.78, 5) is 149. The first-order valence-corrected chi connectivity index (χ1v) is 47.6. The van der Waals surface area contributed by atoms with Crippen LogP contribution >= 0.6 is 0 Å². The number of ether oxygens (including phenoxy) is 5. The molecule has 0 bridgehead atoms. The lowest BCUT2D eigenvalue weighted by atomic mass is 10.0. The fraction of sp³-hybridized carbons (Fsp3) is 0.486. The third-order valence-electron chi connectivity index (χ3n) is 23.2. The van der Waals surface area contributed by atoms with Crippen molar-refractivity contribution in [1.29, 1.82) is 0 Å². The number of para-hydroxylation sites is 2. The highest BCUT2D eigenvalue weighted by atomic mass is 19.2. The number of Topliss-reactive ketones (excluding diaryl/α,β-unsaturated/α-hetero) is 7. The van der Waals surface area contributed by atoms with Gasteiger partial charge in [0, 0.05) is 58.0 Å². The van der Waals surface area contributed by atoms with Crippen molar-refractivity contribution in [2.75, 3.05) is 65.8 Å². The number of hydrogen-bond donors (Lipinski definition) is 10. The zero-order valence-corrected chi connectivity index (χ0v) is 79.5. The number of hydrogen-bond acceptors (Lipinski definition) is 22. The maximum atomic E-state index is 13.8. The molecule has 139 heavy (non-hydrogen) atoms. The molecular formula is C105H137F7N10O17. The van der Waals surface area contributed by atoms with E-state index >= 15 is 0 Å². The second kappa shape index (κ2) is 64.2. The second-order valence-corrected chi connectivity index (χ2v) is 34.7. The third-order valence-corrected chi connectivity index (χ3v) is 23.2.